The topological polar surface area (TPSA) is 93.5 Å². The second kappa shape index (κ2) is 7.06. The molecule has 1 aromatic rings. The van der Waals surface area contributed by atoms with Crippen molar-refractivity contribution in [1.82, 2.24) is 5.32 Å². The van der Waals surface area contributed by atoms with Crippen LogP contribution in [0.5, 0.6) is 0 Å². The second-order valence-corrected chi connectivity index (χ2v) is 5.85. The number of nitro benzene ring substituents is 1. The van der Waals surface area contributed by atoms with Crippen LogP contribution in [0.3, 0.4) is 0 Å². The third-order valence-corrected chi connectivity index (χ3v) is 2.52. The predicted octanol–water partition coefficient (Wildman–Crippen LogP) is 3.06. The van der Waals surface area contributed by atoms with Gasteiger partial charge in [0.15, 0.2) is 5.82 Å². The lowest BCUT2D eigenvalue weighted by Gasteiger charge is -2.21. The van der Waals surface area contributed by atoms with Gasteiger partial charge in [0.25, 0.3) is 5.69 Å². The van der Waals surface area contributed by atoms with Crippen molar-refractivity contribution in [1.29, 1.82) is 0 Å². The molecule has 1 amide bonds. The molecule has 122 valence electrons. The van der Waals surface area contributed by atoms with Crippen molar-refractivity contribution < 1.29 is 18.8 Å². The lowest BCUT2D eigenvalue weighted by atomic mass is 10.2. The van der Waals surface area contributed by atoms with Gasteiger partial charge in [-0.2, -0.15) is 0 Å². The summed E-state index contributed by atoms with van der Waals surface area (Å²) < 4.78 is 18.8. The van der Waals surface area contributed by atoms with E-state index in [2.05, 4.69) is 10.6 Å². The molecule has 0 aromatic heterocycles. The summed E-state index contributed by atoms with van der Waals surface area (Å²) in [6, 6.07) is 3.05. The lowest BCUT2D eigenvalue weighted by molar-refractivity contribution is -0.385. The van der Waals surface area contributed by atoms with E-state index in [0.717, 1.165) is 6.07 Å². The molecular weight excluding hydrogens is 293 g/mol. The third kappa shape index (κ3) is 5.94. The number of halogens is 1. The quantitative estimate of drug-likeness (QED) is 0.643. The zero-order chi connectivity index (χ0) is 16.9. The van der Waals surface area contributed by atoms with Gasteiger partial charge in [-0.05, 0) is 33.8 Å². The van der Waals surface area contributed by atoms with Gasteiger partial charge in [0.05, 0.1) is 16.7 Å². The molecular formula is C14H20FN3O4. The van der Waals surface area contributed by atoms with Crippen LogP contribution in [0.15, 0.2) is 18.2 Å². The van der Waals surface area contributed by atoms with Crippen molar-refractivity contribution >= 4 is 17.5 Å². The minimum atomic E-state index is -0.724. The molecule has 8 heteroatoms. The number of anilines is 1. The Kier molecular flexibility index (Phi) is 5.67. The van der Waals surface area contributed by atoms with Gasteiger partial charge in [-0.15, -0.1) is 0 Å². The Morgan fingerprint density at radius 1 is 1.45 bits per heavy atom. The summed E-state index contributed by atoms with van der Waals surface area (Å²) in [4.78, 5) is 21.4. The van der Waals surface area contributed by atoms with Gasteiger partial charge in [0, 0.05) is 18.7 Å². The second-order valence-electron chi connectivity index (χ2n) is 5.85. The van der Waals surface area contributed by atoms with E-state index in [9.17, 15) is 19.3 Å². The van der Waals surface area contributed by atoms with Gasteiger partial charge in [0.1, 0.15) is 5.60 Å². The molecule has 0 spiro atoms. The summed E-state index contributed by atoms with van der Waals surface area (Å²) >= 11 is 0. The van der Waals surface area contributed by atoms with Crippen molar-refractivity contribution in [2.75, 3.05) is 11.9 Å². The molecule has 0 aliphatic rings. The first-order valence-electron chi connectivity index (χ1n) is 6.76. The van der Waals surface area contributed by atoms with E-state index >= 15 is 0 Å². The fourth-order valence-electron chi connectivity index (χ4n) is 1.60. The molecule has 0 saturated heterocycles. The van der Waals surface area contributed by atoms with Crippen LogP contribution in [0.1, 0.15) is 27.7 Å². The highest BCUT2D eigenvalue weighted by atomic mass is 19.1. The van der Waals surface area contributed by atoms with Gasteiger partial charge in [-0.1, -0.05) is 0 Å². The van der Waals surface area contributed by atoms with Gasteiger partial charge >= 0.3 is 6.09 Å². The summed E-state index contributed by atoms with van der Waals surface area (Å²) in [5.41, 5.74) is -0.780. The molecule has 2 N–H and O–H groups in total. The Bertz CT molecular complexity index is 558. The fourth-order valence-corrected chi connectivity index (χ4v) is 1.60. The van der Waals surface area contributed by atoms with E-state index in [1.807, 2.05) is 0 Å². The Morgan fingerprint density at radius 3 is 2.59 bits per heavy atom. The highest BCUT2D eigenvalue weighted by molar-refractivity contribution is 5.67. The number of hydrogen-bond acceptors (Lipinski definition) is 5. The molecule has 1 atom stereocenters. The highest BCUT2D eigenvalue weighted by Gasteiger charge is 2.17. The summed E-state index contributed by atoms with van der Waals surface area (Å²) in [6.45, 7) is 7.20. The molecule has 0 bridgehead atoms. The number of alkyl carbamates (subject to hydrolysis) is 1. The molecule has 1 aromatic carbocycles. The van der Waals surface area contributed by atoms with E-state index in [-0.39, 0.29) is 24.0 Å². The average molecular weight is 313 g/mol. The molecule has 1 unspecified atom stereocenters. The van der Waals surface area contributed by atoms with Gasteiger partial charge in [0.2, 0.25) is 0 Å². The SMILES string of the molecule is CC(CNC(=O)OC(C)(C)C)Nc1ccc([N+](=O)[O-])cc1F. The predicted molar refractivity (Wildman–Crippen MR) is 80.4 cm³/mol. The molecule has 7 nitrogen and oxygen atoms in total. The summed E-state index contributed by atoms with van der Waals surface area (Å²) in [6.07, 6.45) is -0.565. The average Bonchev–Trinajstić information content (AvgIpc) is 2.36. The van der Waals surface area contributed by atoms with Crippen LogP contribution >= 0.6 is 0 Å². The van der Waals surface area contributed by atoms with Crippen LogP contribution in [0.2, 0.25) is 0 Å². The number of non-ortho nitro benzene ring substituents is 1. The third-order valence-electron chi connectivity index (χ3n) is 2.52. The van der Waals surface area contributed by atoms with Crippen molar-refractivity contribution in [3.8, 4) is 0 Å². The van der Waals surface area contributed by atoms with Crippen molar-refractivity contribution in [2.45, 2.75) is 39.3 Å². The van der Waals surface area contributed by atoms with Gasteiger partial charge in [-0.3, -0.25) is 10.1 Å². The number of nitrogens with zero attached hydrogens (tertiary/aromatic N) is 1. The first kappa shape index (κ1) is 17.7. The Balaban J connectivity index is 2.53. The van der Waals surface area contributed by atoms with Gasteiger partial charge < -0.3 is 15.4 Å². The van der Waals surface area contributed by atoms with Gasteiger partial charge in [-0.25, -0.2) is 9.18 Å². The standard InChI is InChI=1S/C14H20FN3O4/c1-9(8-16-13(19)22-14(2,3)4)17-12-6-5-10(18(20)21)7-11(12)15/h5-7,9,17H,8H2,1-4H3,(H,16,19). The van der Waals surface area contributed by atoms with E-state index < -0.39 is 22.4 Å². The van der Waals surface area contributed by atoms with Crippen molar-refractivity contribution in [2.24, 2.45) is 0 Å². The Hall–Kier alpha value is -2.38. The fraction of sp³-hybridized carbons (Fsp3) is 0.500. The normalized spacial score (nSPS) is 12.4. The number of ether oxygens (including phenoxy) is 1. The smallest absolute Gasteiger partial charge is 0.407 e. The largest absolute Gasteiger partial charge is 0.444 e. The summed E-state index contributed by atoms with van der Waals surface area (Å²) in [5, 5.41) is 15.9. The van der Waals surface area contributed by atoms with E-state index in [4.69, 9.17) is 4.74 Å². The number of carbonyl (C=O) groups is 1. The van der Waals surface area contributed by atoms with Crippen LogP contribution in [0.25, 0.3) is 0 Å². The molecule has 1 rings (SSSR count). The number of benzene rings is 1. The minimum Gasteiger partial charge on any atom is -0.444 e. The van der Waals surface area contributed by atoms with E-state index in [1.54, 1.807) is 27.7 Å². The molecule has 22 heavy (non-hydrogen) atoms. The maximum Gasteiger partial charge on any atom is 0.407 e. The molecule has 0 aliphatic heterocycles. The molecule has 0 saturated carbocycles. The first-order valence-corrected chi connectivity index (χ1v) is 6.76. The molecule has 0 radical (unpaired) electrons. The van der Waals surface area contributed by atoms with E-state index in [1.165, 1.54) is 12.1 Å². The number of rotatable bonds is 5. The number of hydrogen-bond donors (Lipinski definition) is 2. The number of nitrogens with one attached hydrogen (secondary N) is 2. The molecule has 0 aliphatic carbocycles. The summed E-state index contributed by atoms with van der Waals surface area (Å²) in [5.74, 6) is -0.724. The minimum absolute atomic E-state index is 0.129. The maximum atomic E-state index is 13.7. The monoisotopic (exact) mass is 313 g/mol. The highest BCUT2D eigenvalue weighted by Crippen LogP contribution is 2.20. The van der Waals surface area contributed by atoms with Crippen LogP contribution in [0.4, 0.5) is 20.6 Å². The number of carbonyl (C=O) groups excluding carboxylic acids is 1. The molecule has 0 fully saturated rings. The zero-order valence-electron chi connectivity index (χ0n) is 13.0. The first-order chi connectivity index (χ1) is 10.1. The van der Waals surface area contributed by atoms with E-state index in [0.29, 0.717) is 0 Å². The van der Waals surface area contributed by atoms with Crippen LogP contribution in [-0.2, 0) is 4.74 Å². The zero-order valence-corrected chi connectivity index (χ0v) is 13.0. The number of nitro groups is 1. The Labute approximate surface area is 128 Å². The van der Waals surface area contributed by atoms with Crippen LogP contribution in [-0.4, -0.2) is 29.2 Å². The Morgan fingerprint density at radius 2 is 2.09 bits per heavy atom. The van der Waals surface area contributed by atoms with Crippen LogP contribution < -0.4 is 10.6 Å². The van der Waals surface area contributed by atoms with Crippen molar-refractivity contribution in [3.05, 3.63) is 34.1 Å². The lowest BCUT2D eigenvalue weighted by Crippen LogP contribution is -2.38. The van der Waals surface area contributed by atoms with Crippen LogP contribution in [0, 0.1) is 15.9 Å². The summed E-state index contributed by atoms with van der Waals surface area (Å²) in [7, 11) is 0. The molecule has 0 heterocycles. The number of amides is 1. The maximum absolute atomic E-state index is 13.7. The van der Waals surface area contributed by atoms with Crippen molar-refractivity contribution in [3.63, 3.8) is 0 Å².